The maximum absolute atomic E-state index is 13.0. The predicted octanol–water partition coefficient (Wildman–Crippen LogP) is 3.94. The third-order valence-electron chi connectivity index (χ3n) is 5.38. The van der Waals surface area contributed by atoms with Crippen LogP contribution in [0.15, 0.2) is 96.2 Å². The summed E-state index contributed by atoms with van der Waals surface area (Å²) in [5.74, 6) is 0.539. The van der Waals surface area contributed by atoms with Crippen LogP contribution in [-0.2, 0) is 16.6 Å². The molecule has 1 N–H and O–H groups in total. The molecule has 0 spiro atoms. The molecule has 0 fully saturated rings. The van der Waals surface area contributed by atoms with Crippen LogP contribution < -0.4 is 9.62 Å². The maximum Gasteiger partial charge on any atom is 0.264 e. The number of para-hydroxylation sites is 1. The molecule has 0 aliphatic carbocycles. The van der Waals surface area contributed by atoms with Crippen molar-refractivity contribution in [1.29, 1.82) is 0 Å². The Morgan fingerprint density at radius 3 is 2.30 bits per heavy atom. The summed E-state index contributed by atoms with van der Waals surface area (Å²) in [5.41, 5.74) is 2.50. The molecular weight excluding hydrogens is 436 g/mol. The number of hydrogen-bond donors (Lipinski definition) is 1. The van der Waals surface area contributed by atoms with Crippen LogP contribution in [0, 0.1) is 6.92 Å². The summed E-state index contributed by atoms with van der Waals surface area (Å²) in [5, 5.41) is 2.89. The maximum atomic E-state index is 13.0. The van der Waals surface area contributed by atoms with Crippen LogP contribution in [0.3, 0.4) is 0 Å². The van der Waals surface area contributed by atoms with E-state index in [0.717, 1.165) is 21.4 Å². The monoisotopic (exact) mass is 460 g/mol. The van der Waals surface area contributed by atoms with Gasteiger partial charge in [-0.1, -0.05) is 42.5 Å². The van der Waals surface area contributed by atoms with Crippen molar-refractivity contribution in [2.24, 2.45) is 0 Å². The average molecular weight is 461 g/mol. The van der Waals surface area contributed by atoms with Crippen molar-refractivity contribution in [3.05, 3.63) is 108 Å². The normalized spacial score (nSPS) is 11.2. The topological polar surface area (TPSA) is 84.3 Å². The second kappa shape index (κ2) is 9.30. The Morgan fingerprint density at radius 2 is 1.64 bits per heavy atom. The van der Waals surface area contributed by atoms with Gasteiger partial charge in [0.25, 0.3) is 15.9 Å². The van der Waals surface area contributed by atoms with Crippen molar-refractivity contribution in [3.63, 3.8) is 0 Å². The van der Waals surface area contributed by atoms with Crippen LogP contribution in [-0.4, -0.2) is 30.9 Å². The lowest BCUT2D eigenvalue weighted by Gasteiger charge is -2.22. The summed E-state index contributed by atoms with van der Waals surface area (Å²) in [6, 6.07) is 22.6. The van der Waals surface area contributed by atoms with E-state index in [2.05, 4.69) is 10.3 Å². The zero-order valence-corrected chi connectivity index (χ0v) is 19.2. The van der Waals surface area contributed by atoms with E-state index in [4.69, 9.17) is 0 Å². The molecule has 0 saturated carbocycles. The summed E-state index contributed by atoms with van der Waals surface area (Å²) >= 11 is 0. The highest BCUT2D eigenvalue weighted by Gasteiger charge is 2.24. The number of anilines is 1. The highest BCUT2D eigenvalue weighted by molar-refractivity contribution is 7.92. The second-order valence-electron chi connectivity index (χ2n) is 7.50. The number of aromatic nitrogens is 2. The van der Waals surface area contributed by atoms with Crippen molar-refractivity contribution in [1.82, 2.24) is 14.9 Å². The third kappa shape index (κ3) is 4.65. The average Bonchev–Trinajstić information content (AvgIpc) is 3.28. The Hall–Kier alpha value is -3.91. The van der Waals surface area contributed by atoms with Gasteiger partial charge in [0, 0.05) is 31.7 Å². The van der Waals surface area contributed by atoms with Gasteiger partial charge in [-0.15, -0.1) is 0 Å². The molecule has 33 heavy (non-hydrogen) atoms. The molecule has 1 heterocycles. The molecule has 1 amide bonds. The number of hydrogen-bond acceptors (Lipinski definition) is 4. The van der Waals surface area contributed by atoms with Gasteiger partial charge in [-0.2, -0.15) is 0 Å². The smallest absolute Gasteiger partial charge is 0.264 e. The van der Waals surface area contributed by atoms with Gasteiger partial charge in [-0.3, -0.25) is 9.10 Å². The van der Waals surface area contributed by atoms with Gasteiger partial charge in [0.05, 0.1) is 16.1 Å². The van der Waals surface area contributed by atoms with Gasteiger partial charge in [-0.05, 0) is 48.9 Å². The molecule has 0 unspecified atom stereocenters. The van der Waals surface area contributed by atoms with Crippen molar-refractivity contribution >= 4 is 21.6 Å². The van der Waals surface area contributed by atoms with Gasteiger partial charge >= 0.3 is 0 Å². The number of sulfonamides is 1. The molecule has 7 nitrogen and oxygen atoms in total. The van der Waals surface area contributed by atoms with Crippen LogP contribution in [0.4, 0.5) is 5.69 Å². The number of carbonyl (C=O) groups excluding carboxylic acids is 1. The number of rotatable bonds is 7. The standard InChI is InChI=1S/C25H24N4O3S/c1-19-26-16-17-29(19)21-14-12-20(13-15-21)18-27-25(30)23-10-6-7-11-24(23)28(2)33(31,32)22-8-4-3-5-9-22/h3-17H,18H2,1-2H3,(H,27,30). The molecule has 3 aromatic carbocycles. The van der Waals surface area contributed by atoms with Crippen molar-refractivity contribution in [2.45, 2.75) is 18.4 Å². The SMILES string of the molecule is Cc1nccn1-c1ccc(CNC(=O)c2ccccc2N(C)S(=O)(=O)c2ccccc2)cc1. The summed E-state index contributed by atoms with van der Waals surface area (Å²) in [6.45, 7) is 2.24. The molecule has 4 rings (SSSR count). The lowest BCUT2D eigenvalue weighted by Crippen LogP contribution is -2.30. The van der Waals surface area contributed by atoms with E-state index in [-0.39, 0.29) is 16.4 Å². The first kappa shape index (κ1) is 22.3. The van der Waals surface area contributed by atoms with Crippen molar-refractivity contribution in [3.8, 4) is 5.69 Å². The number of aryl methyl sites for hydroxylation is 1. The van der Waals surface area contributed by atoms with E-state index in [9.17, 15) is 13.2 Å². The quantitative estimate of drug-likeness (QED) is 0.453. The molecule has 168 valence electrons. The lowest BCUT2D eigenvalue weighted by molar-refractivity contribution is 0.0951. The lowest BCUT2D eigenvalue weighted by atomic mass is 10.1. The van der Waals surface area contributed by atoms with Crippen LogP contribution in [0.5, 0.6) is 0 Å². The minimum atomic E-state index is -3.80. The van der Waals surface area contributed by atoms with E-state index in [1.54, 1.807) is 48.7 Å². The van der Waals surface area contributed by atoms with E-state index in [1.807, 2.05) is 42.0 Å². The van der Waals surface area contributed by atoms with Gasteiger partial charge in [0.15, 0.2) is 0 Å². The zero-order chi connectivity index (χ0) is 23.4. The molecule has 0 radical (unpaired) electrons. The first-order valence-corrected chi connectivity index (χ1v) is 11.8. The van der Waals surface area contributed by atoms with Crippen LogP contribution in [0.25, 0.3) is 5.69 Å². The summed E-state index contributed by atoms with van der Waals surface area (Å²) in [6.07, 6.45) is 3.64. The van der Waals surface area contributed by atoms with Gasteiger partial charge in [0.1, 0.15) is 5.82 Å². The molecule has 0 aliphatic rings. The van der Waals surface area contributed by atoms with Gasteiger partial charge < -0.3 is 9.88 Å². The Morgan fingerprint density at radius 1 is 0.970 bits per heavy atom. The third-order valence-corrected chi connectivity index (χ3v) is 7.17. The largest absolute Gasteiger partial charge is 0.348 e. The molecule has 0 saturated heterocycles. The number of imidazole rings is 1. The number of amides is 1. The highest BCUT2D eigenvalue weighted by Crippen LogP contribution is 2.25. The number of carbonyl (C=O) groups is 1. The Kier molecular flexibility index (Phi) is 6.28. The highest BCUT2D eigenvalue weighted by atomic mass is 32.2. The fourth-order valence-electron chi connectivity index (χ4n) is 3.52. The molecule has 0 aliphatic heterocycles. The second-order valence-corrected chi connectivity index (χ2v) is 9.47. The fraction of sp³-hybridized carbons (Fsp3) is 0.120. The summed E-state index contributed by atoms with van der Waals surface area (Å²) in [4.78, 5) is 17.3. The fourth-order valence-corrected chi connectivity index (χ4v) is 4.76. The van der Waals surface area contributed by atoms with Crippen LogP contribution >= 0.6 is 0 Å². The first-order chi connectivity index (χ1) is 15.9. The molecule has 4 aromatic rings. The van der Waals surface area contributed by atoms with E-state index >= 15 is 0 Å². The Balaban J connectivity index is 1.50. The van der Waals surface area contributed by atoms with Gasteiger partial charge in [0.2, 0.25) is 0 Å². The Labute approximate surface area is 193 Å². The van der Waals surface area contributed by atoms with Crippen molar-refractivity contribution in [2.75, 3.05) is 11.4 Å². The molecule has 8 heteroatoms. The van der Waals surface area contributed by atoms with Crippen LogP contribution in [0.2, 0.25) is 0 Å². The van der Waals surface area contributed by atoms with Gasteiger partial charge in [-0.25, -0.2) is 13.4 Å². The number of benzene rings is 3. The predicted molar refractivity (Wildman–Crippen MR) is 128 cm³/mol. The minimum Gasteiger partial charge on any atom is -0.348 e. The number of nitrogens with one attached hydrogen (secondary N) is 1. The summed E-state index contributed by atoms with van der Waals surface area (Å²) in [7, 11) is -2.35. The first-order valence-electron chi connectivity index (χ1n) is 10.4. The van der Waals surface area contributed by atoms with E-state index < -0.39 is 10.0 Å². The van der Waals surface area contributed by atoms with E-state index in [1.165, 1.54) is 19.2 Å². The zero-order valence-electron chi connectivity index (χ0n) is 18.3. The summed E-state index contributed by atoms with van der Waals surface area (Å²) < 4.78 is 29.2. The van der Waals surface area contributed by atoms with Crippen molar-refractivity contribution < 1.29 is 13.2 Å². The molecule has 1 aromatic heterocycles. The number of nitrogens with zero attached hydrogens (tertiary/aromatic N) is 3. The minimum absolute atomic E-state index is 0.163. The Bertz CT molecular complexity index is 1360. The molecular formula is C25H24N4O3S. The van der Waals surface area contributed by atoms with E-state index in [0.29, 0.717) is 12.2 Å². The molecule has 0 bridgehead atoms. The van der Waals surface area contributed by atoms with Crippen LogP contribution in [0.1, 0.15) is 21.7 Å². The molecule has 0 atom stereocenters.